The van der Waals surface area contributed by atoms with E-state index in [1.54, 1.807) is 0 Å². The summed E-state index contributed by atoms with van der Waals surface area (Å²) in [5.74, 6) is 0.989. The highest BCUT2D eigenvalue weighted by Gasteiger charge is 2.39. The number of benzene rings is 3. The quantitative estimate of drug-likeness (QED) is 0.472. The second-order valence-electron chi connectivity index (χ2n) is 8.22. The van der Waals surface area contributed by atoms with Gasteiger partial charge in [0.05, 0.1) is 0 Å². The van der Waals surface area contributed by atoms with Gasteiger partial charge in [-0.25, -0.2) is 0 Å². The molecule has 124 valence electrons. The van der Waals surface area contributed by atoms with Gasteiger partial charge in [-0.2, -0.15) is 0 Å². The van der Waals surface area contributed by atoms with E-state index in [1.807, 2.05) is 0 Å². The van der Waals surface area contributed by atoms with E-state index in [-0.39, 0.29) is 5.41 Å². The third kappa shape index (κ3) is 1.84. The number of rotatable bonds is 0. The van der Waals surface area contributed by atoms with Gasteiger partial charge in [0.15, 0.2) is 0 Å². The Bertz CT molecular complexity index is 1020. The molecule has 2 bridgehead atoms. The van der Waals surface area contributed by atoms with Crippen molar-refractivity contribution < 1.29 is 4.74 Å². The lowest BCUT2D eigenvalue weighted by Crippen LogP contribution is -2.26. The summed E-state index contributed by atoms with van der Waals surface area (Å²) >= 11 is 0. The molecule has 0 radical (unpaired) electrons. The SMILES string of the molecule is CC1(C)Oc2cccc3c2-c2cc(ccc2C3(C)C)-c2ccccc21. The predicted molar refractivity (Wildman–Crippen MR) is 103 cm³/mol. The van der Waals surface area contributed by atoms with Crippen molar-refractivity contribution in [2.75, 3.05) is 0 Å². The van der Waals surface area contributed by atoms with Crippen LogP contribution < -0.4 is 4.74 Å². The summed E-state index contributed by atoms with van der Waals surface area (Å²) in [5, 5.41) is 0. The van der Waals surface area contributed by atoms with E-state index in [0.29, 0.717) is 0 Å². The molecule has 0 unspecified atom stereocenters. The molecule has 0 amide bonds. The molecule has 3 aromatic rings. The van der Waals surface area contributed by atoms with E-state index in [9.17, 15) is 0 Å². The van der Waals surface area contributed by atoms with Crippen LogP contribution in [0.15, 0.2) is 60.7 Å². The van der Waals surface area contributed by atoms with E-state index in [0.717, 1.165) is 5.75 Å². The van der Waals surface area contributed by atoms with Crippen molar-refractivity contribution in [3.05, 3.63) is 77.4 Å². The normalized spacial score (nSPS) is 17.8. The smallest absolute Gasteiger partial charge is 0.129 e. The molecule has 1 aliphatic heterocycles. The first kappa shape index (κ1) is 14.8. The van der Waals surface area contributed by atoms with E-state index >= 15 is 0 Å². The first-order valence-electron chi connectivity index (χ1n) is 8.97. The summed E-state index contributed by atoms with van der Waals surface area (Å²) in [6.45, 7) is 8.96. The average molecular weight is 326 g/mol. The van der Waals surface area contributed by atoms with Crippen LogP contribution in [-0.4, -0.2) is 0 Å². The minimum Gasteiger partial charge on any atom is -0.482 e. The molecule has 5 rings (SSSR count). The van der Waals surface area contributed by atoms with Gasteiger partial charge in [0, 0.05) is 16.5 Å². The molecule has 1 heteroatoms. The maximum atomic E-state index is 6.64. The summed E-state index contributed by atoms with van der Waals surface area (Å²) in [6.07, 6.45) is 0. The van der Waals surface area contributed by atoms with Crippen molar-refractivity contribution >= 4 is 0 Å². The predicted octanol–water partition coefficient (Wildman–Crippen LogP) is 6.29. The van der Waals surface area contributed by atoms with Gasteiger partial charge in [0.25, 0.3) is 0 Å². The highest BCUT2D eigenvalue weighted by atomic mass is 16.5. The molecule has 1 nitrogen and oxygen atoms in total. The highest BCUT2D eigenvalue weighted by molar-refractivity contribution is 5.88. The van der Waals surface area contributed by atoms with Crippen LogP contribution in [0.4, 0.5) is 0 Å². The van der Waals surface area contributed by atoms with E-state index < -0.39 is 5.60 Å². The number of hydrogen-bond donors (Lipinski definition) is 0. The lowest BCUT2D eigenvalue weighted by atomic mass is 9.81. The largest absolute Gasteiger partial charge is 0.482 e. The van der Waals surface area contributed by atoms with Gasteiger partial charge in [-0.3, -0.25) is 0 Å². The van der Waals surface area contributed by atoms with Crippen LogP contribution in [0.3, 0.4) is 0 Å². The molecular formula is C24H22O. The third-order valence-electron chi connectivity index (χ3n) is 5.91. The van der Waals surface area contributed by atoms with E-state index in [2.05, 4.69) is 88.4 Å². The topological polar surface area (TPSA) is 9.23 Å². The molecular weight excluding hydrogens is 304 g/mol. The molecule has 1 aliphatic carbocycles. The van der Waals surface area contributed by atoms with Gasteiger partial charge >= 0.3 is 0 Å². The van der Waals surface area contributed by atoms with E-state index in [1.165, 1.54) is 38.9 Å². The van der Waals surface area contributed by atoms with Crippen molar-refractivity contribution in [3.8, 4) is 28.0 Å². The Labute approximate surface area is 149 Å². The fraction of sp³-hybridized carbons (Fsp3) is 0.250. The standard InChI is InChI=1S/C24H22O/c1-23(2)18-13-12-15-14-17(18)22-20(23)10-7-11-21(22)25-24(3,4)19-9-6-5-8-16(15)19/h5-14H,1-4H3. The average Bonchev–Trinajstić information content (AvgIpc) is 2.83. The van der Waals surface area contributed by atoms with Crippen LogP contribution in [0.2, 0.25) is 0 Å². The molecule has 1 heterocycles. The Morgan fingerprint density at radius 3 is 2.28 bits per heavy atom. The Hall–Kier alpha value is -2.54. The molecule has 3 aromatic carbocycles. The Morgan fingerprint density at radius 1 is 0.680 bits per heavy atom. The van der Waals surface area contributed by atoms with Crippen molar-refractivity contribution in [3.63, 3.8) is 0 Å². The molecule has 0 N–H and O–H groups in total. The molecule has 0 saturated heterocycles. The molecule has 25 heavy (non-hydrogen) atoms. The van der Waals surface area contributed by atoms with Crippen molar-refractivity contribution in [1.82, 2.24) is 0 Å². The fourth-order valence-electron chi connectivity index (χ4n) is 4.61. The van der Waals surface area contributed by atoms with Crippen molar-refractivity contribution in [1.29, 1.82) is 0 Å². The molecule has 0 saturated carbocycles. The lowest BCUT2D eigenvalue weighted by molar-refractivity contribution is 0.110. The number of fused-ring (bicyclic) bond motifs is 3. The first-order chi connectivity index (χ1) is 11.9. The van der Waals surface area contributed by atoms with Crippen LogP contribution in [0.5, 0.6) is 5.75 Å². The van der Waals surface area contributed by atoms with Crippen LogP contribution in [0.25, 0.3) is 22.3 Å². The third-order valence-corrected chi connectivity index (χ3v) is 5.91. The molecule has 0 aromatic heterocycles. The van der Waals surface area contributed by atoms with Crippen LogP contribution in [0.1, 0.15) is 44.4 Å². The van der Waals surface area contributed by atoms with Crippen LogP contribution in [-0.2, 0) is 11.0 Å². The minimum atomic E-state index is -0.397. The monoisotopic (exact) mass is 326 g/mol. The van der Waals surface area contributed by atoms with Gasteiger partial charge < -0.3 is 4.74 Å². The minimum absolute atomic E-state index is 0.00538. The lowest BCUT2D eigenvalue weighted by Gasteiger charge is -2.30. The second-order valence-corrected chi connectivity index (χ2v) is 8.22. The zero-order valence-corrected chi connectivity index (χ0v) is 15.2. The maximum absolute atomic E-state index is 6.64. The summed E-state index contributed by atoms with van der Waals surface area (Å²) in [6, 6.07) is 22.0. The number of hydrogen-bond acceptors (Lipinski definition) is 1. The summed E-state index contributed by atoms with van der Waals surface area (Å²) in [7, 11) is 0. The van der Waals surface area contributed by atoms with Crippen LogP contribution >= 0.6 is 0 Å². The van der Waals surface area contributed by atoms with Crippen LogP contribution in [0, 0.1) is 0 Å². The van der Waals surface area contributed by atoms with Crippen molar-refractivity contribution in [2.24, 2.45) is 0 Å². The second kappa shape index (κ2) is 4.54. The summed E-state index contributed by atoms with van der Waals surface area (Å²) < 4.78 is 6.64. The van der Waals surface area contributed by atoms with Gasteiger partial charge in [-0.15, -0.1) is 0 Å². The van der Waals surface area contributed by atoms with E-state index in [4.69, 9.17) is 4.74 Å². The summed E-state index contributed by atoms with van der Waals surface area (Å²) in [5.41, 5.74) is 8.70. The molecule has 2 aliphatic rings. The molecule has 0 spiro atoms. The fourth-order valence-corrected chi connectivity index (χ4v) is 4.61. The molecule has 0 fully saturated rings. The van der Waals surface area contributed by atoms with Gasteiger partial charge in [0.2, 0.25) is 0 Å². The Morgan fingerprint density at radius 2 is 1.44 bits per heavy atom. The van der Waals surface area contributed by atoms with Crippen molar-refractivity contribution in [2.45, 2.75) is 38.7 Å². The zero-order valence-electron chi connectivity index (χ0n) is 15.2. The maximum Gasteiger partial charge on any atom is 0.129 e. The Kier molecular flexibility index (Phi) is 2.69. The highest BCUT2D eigenvalue weighted by Crippen LogP contribution is 2.54. The Balaban J connectivity index is 1.95. The van der Waals surface area contributed by atoms with Gasteiger partial charge in [-0.05, 0) is 53.8 Å². The van der Waals surface area contributed by atoms with Gasteiger partial charge in [-0.1, -0.05) is 62.4 Å². The zero-order chi connectivity index (χ0) is 17.4. The summed E-state index contributed by atoms with van der Waals surface area (Å²) in [4.78, 5) is 0. The number of ether oxygens (including phenoxy) is 1. The first-order valence-corrected chi connectivity index (χ1v) is 8.97. The molecule has 0 atom stereocenters. The van der Waals surface area contributed by atoms with Gasteiger partial charge in [0.1, 0.15) is 11.4 Å².